The number of aryl methyl sites for hydroxylation is 1. The minimum atomic E-state index is -0.590. The molecule has 0 saturated carbocycles. The highest BCUT2D eigenvalue weighted by Gasteiger charge is 2.12. The highest BCUT2D eigenvalue weighted by Crippen LogP contribution is 2.31. The molecule has 2 aromatic carbocycles. The fraction of sp³-hybridized carbons (Fsp3) is 0.200. The maximum Gasteiger partial charge on any atom is 0.131 e. The van der Waals surface area contributed by atoms with E-state index in [1.54, 1.807) is 0 Å². The van der Waals surface area contributed by atoms with E-state index < -0.39 is 5.50 Å². The van der Waals surface area contributed by atoms with Crippen LogP contribution < -0.4 is 5.48 Å². The van der Waals surface area contributed by atoms with Crippen LogP contribution in [0.5, 0.6) is 0 Å². The minimum Gasteiger partial charge on any atom is -0.341 e. The van der Waals surface area contributed by atoms with Gasteiger partial charge in [-0.15, -0.1) is 0 Å². The van der Waals surface area contributed by atoms with Crippen molar-refractivity contribution in [2.24, 2.45) is 0 Å². The van der Waals surface area contributed by atoms with Crippen molar-refractivity contribution in [3.8, 4) is 0 Å². The zero-order valence-corrected chi connectivity index (χ0v) is 11.4. The first-order valence-corrected chi connectivity index (χ1v) is 6.74. The van der Waals surface area contributed by atoms with Crippen LogP contribution in [0.15, 0.2) is 42.5 Å². The third-order valence-electron chi connectivity index (χ3n) is 3.52. The van der Waals surface area contributed by atoms with E-state index in [9.17, 15) is 0 Å². The van der Waals surface area contributed by atoms with Gasteiger partial charge in [0.2, 0.25) is 0 Å². The van der Waals surface area contributed by atoms with E-state index in [1.807, 2.05) is 24.3 Å². The molecule has 0 bridgehead atoms. The Labute approximate surface area is 116 Å². The van der Waals surface area contributed by atoms with Crippen molar-refractivity contribution in [3.63, 3.8) is 0 Å². The molecule has 1 heterocycles. The van der Waals surface area contributed by atoms with Gasteiger partial charge in [0.25, 0.3) is 0 Å². The maximum absolute atomic E-state index is 8.94. The lowest BCUT2D eigenvalue weighted by Gasteiger charge is -2.08. The molecule has 2 N–H and O–H groups in total. The highest BCUT2D eigenvalue weighted by molar-refractivity contribution is 6.20. The second-order valence-electron chi connectivity index (χ2n) is 4.53. The first-order chi connectivity index (χ1) is 9.26. The summed E-state index contributed by atoms with van der Waals surface area (Å²) in [5, 5.41) is 11.3. The number of benzene rings is 2. The van der Waals surface area contributed by atoms with Crippen molar-refractivity contribution in [2.75, 3.05) is 0 Å². The van der Waals surface area contributed by atoms with Crippen LogP contribution in [-0.2, 0) is 6.54 Å². The van der Waals surface area contributed by atoms with E-state index in [2.05, 4.69) is 35.2 Å². The lowest BCUT2D eigenvalue weighted by molar-refractivity contribution is 0.155. The summed E-state index contributed by atoms with van der Waals surface area (Å²) >= 11 is 6.01. The molecular weight excluding hydrogens is 260 g/mol. The third-order valence-corrected chi connectivity index (χ3v) is 3.87. The maximum atomic E-state index is 8.94. The van der Waals surface area contributed by atoms with Crippen LogP contribution in [0, 0.1) is 0 Å². The first kappa shape index (κ1) is 12.5. The molecule has 3 rings (SSSR count). The number of hydrogen-bond acceptors (Lipinski definition) is 2. The standard InChI is InChI=1S/C15H15ClN2O/c1-2-18-13-6-4-3-5-11(13)12-9-10(15(16)17-19)7-8-14(12)18/h3-9,15,17,19H,2H2,1H3. The second-order valence-corrected chi connectivity index (χ2v) is 4.97. The van der Waals surface area contributed by atoms with Crippen molar-refractivity contribution in [2.45, 2.75) is 19.0 Å². The number of rotatable bonds is 3. The lowest BCUT2D eigenvalue weighted by atomic mass is 10.1. The lowest BCUT2D eigenvalue weighted by Crippen LogP contribution is -2.10. The predicted molar refractivity (Wildman–Crippen MR) is 78.6 cm³/mol. The SMILES string of the molecule is CCn1c2ccccc2c2cc(C(Cl)NO)ccc21. The number of para-hydroxylation sites is 1. The zero-order valence-electron chi connectivity index (χ0n) is 10.6. The van der Waals surface area contributed by atoms with Gasteiger partial charge in [-0.3, -0.25) is 0 Å². The molecule has 0 aliphatic carbocycles. The van der Waals surface area contributed by atoms with Gasteiger partial charge in [0, 0.05) is 28.4 Å². The van der Waals surface area contributed by atoms with Gasteiger partial charge in [-0.1, -0.05) is 35.9 Å². The Morgan fingerprint density at radius 1 is 1.16 bits per heavy atom. The first-order valence-electron chi connectivity index (χ1n) is 6.31. The van der Waals surface area contributed by atoms with E-state index in [1.165, 1.54) is 16.4 Å². The summed E-state index contributed by atoms with van der Waals surface area (Å²) in [7, 11) is 0. The number of fused-ring (bicyclic) bond motifs is 3. The van der Waals surface area contributed by atoms with E-state index in [0.717, 1.165) is 17.5 Å². The normalized spacial score (nSPS) is 13.2. The van der Waals surface area contributed by atoms with E-state index >= 15 is 0 Å². The summed E-state index contributed by atoms with van der Waals surface area (Å²) in [5.74, 6) is 0. The van der Waals surface area contributed by atoms with Crippen molar-refractivity contribution in [3.05, 3.63) is 48.0 Å². The van der Waals surface area contributed by atoms with Crippen molar-refractivity contribution in [1.82, 2.24) is 10.0 Å². The van der Waals surface area contributed by atoms with E-state index in [4.69, 9.17) is 16.8 Å². The molecule has 3 aromatic rings. The second kappa shape index (κ2) is 4.85. The average molecular weight is 275 g/mol. The summed E-state index contributed by atoms with van der Waals surface area (Å²) in [6.45, 7) is 3.06. The molecule has 98 valence electrons. The summed E-state index contributed by atoms with van der Waals surface area (Å²) in [6.07, 6.45) is 0. The quantitative estimate of drug-likeness (QED) is 0.430. The van der Waals surface area contributed by atoms with Gasteiger partial charge in [0.15, 0.2) is 0 Å². The number of alkyl halides is 1. The van der Waals surface area contributed by atoms with Gasteiger partial charge < -0.3 is 9.77 Å². The molecular formula is C15H15ClN2O. The molecule has 1 aromatic heterocycles. The summed E-state index contributed by atoms with van der Waals surface area (Å²) in [5.41, 5.74) is 4.75. The third kappa shape index (κ3) is 1.91. The van der Waals surface area contributed by atoms with Crippen LogP contribution >= 0.6 is 11.6 Å². The highest BCUT2D eigenvalue weighted by atomic mass is 35.5. The molecule has 0 aliphatic heterocycles. The Kier molecular flexibility index (Phi) is 3.19. The van der Waals surface area contributed by atoms with Crippen LogP contribution in [0.2, 0.25) is 0 Å². The number of nitrogens with zero attached hydrogens (tertiary/aromatic N) is 1. The van der Waals surface area contributed by atoms with Crippen molar-refractivity contribution < 1.29 is 5.21 Å². The summed E-state index contributed by atoms with van der Waals surface area (Å²) in [6, 6.07) is 14.4. The van der Waals surface area contributed by atoms with Gasteiger partial charge in [0.05, 0.1) is 0 Å². The van der Waals surface area contributed by atoms with Crippen LogP contribution in [-0.4, -0.2) is 9.77 Å². The smallest absolute Gasteiger partial charge is 0.131 e. The Hall–Kier alpha value is -1.55. The van der Waals surface area contributed by atoms with Crippen LogP contribution in [0.3, 0.4) is 0 Å². The molecule has 0 saturated heterocycles. The minimum absolute atomic E-state index is 0.590. The Bertz CT molecular complexity index is 735. The molecule has 4 heteroatoms. The van der Waals surface area contributed by atoms with Crippen LogP contribution in [0.1, 0.15) is 18.0 Å². The number of hydrogen-bond donors (Lipinski definition) is 2. The number of aromatic nitrogens is 1. The molecule has 0 radical (unpaired) electrons. The van der Waals surface area contributed by atoms with Crippen molar-refractivity contribution in [1.29, 1.82) is 0 Å². The largest absolute Gasteiger partial charge is 0.341 e. The van der Waals surface area contributed by atoms with Crippen molar-refractivity contribution >= 4 is 33.4 Å². The Morgan fingerprint density at radius 2 is 1.89 bits per heavy atom. The summed E-state index contributed by atoms with van der Waals surface area (Å²) < 4.78 is 2.28. The summed E-state index contributed by atoms with van der Waals surface area (Å²) in [4.78, 5) is 0. The van der Waals surface area contributed by atoms with Crippen LogP contribution in [0.25, 0.3) is 21.8 Å². The average Bonchev–Trinajstić information content (AvgIpc) is 2.79. The van der Waals surface area contributed by atoms with Gasteiger partial charge >= 0.3 is 0 Å². The van der Waals surface area contributed by atoms with E-state index in [-0.39, 0.29) is 0 Å². The molecule has 0 aliphatic rings. The zero-order chi connectivity index (χ0) is 13.4. The van der Waals surface area contributed by atoms with Gasteiger partial charge in [0.1, 0.15) is 5.50 Å². The van der Waals surface area contributed by atoms with Gasteiger partial charge in [-0.25, -0.2) is 0 Å². The van der Waals surface area contributed by atoms with Crippen LogP contribution in [0.4, 0.5) is 0 Å². The topological polar surface area (TPSA) is 37.2 Å². The predicted octanol–water partition coefficient (Wildman–Crippen LogP) is 4.03. The molecule has 0 fully saturated rings. The van der Waals surface area contributed by atoms with Gasteiger partial charge in [-0.05, 0) is 30.7 Å². The van der Waals surface area contributed by atoms with Gasteiger partial charge in [-0.2, -0.15) is 5.48 Å². The molecule has 19 heavy (non-hydrogen) atoms. The monoisotopic (exact) mass is 274 g/mol. The molecule has 0 spiro atoms. The fourth-order valence-electron chi connectivity index (χ4n) is 2.64. The number of nitrogens with one attached hydrogen (secondary N) is 1. The fourth-order valence-corrected chi connectivity index (χ4v) is 2.78. The molecule has 0 amide bonds. The number of halogens is 1. The van der Waals surface area contributed by atoms with E-state index in [0.29, 0.717) is 0 Å². The number of hydroxylamine groups is 1. The Balaban J connectivity index is 2.36. The molecule has 1 atom stereocenters. The molecule has 3 nitrogen and oxygen atoms in total. The molecule has 1 unspecified atom stereocenters. The Morgan fingerprint density at radius 3 is 2.63 bits per heavy atom.